The second-order valence-electron chi connectivity index (χ2n) is 3.87. The molecule has 80 valence electrons. The van der Waals surface area contributed by atoms with Crippen LogP contribution >= 0.6 is 11.3 Å². The Kier molecular flexibility index (Phi) is 3.21. The molecule has 1 aromatic heterocycles. The summed E-state index contributed by atoms with van der Waals surface area (Å²) in [6, 6.07) is 2.20. The molecule has 1 aliphatic rings. The predicted octanol–water partition coefficient (Wildman–Crippen LogP) is 2.80. The summed E-state index contributed by atoms with van der Waals surface area (Å²) in [6.07, 6.45) is 5.44. The van der Waals surface area contributed by atoms with Crippen LogP contribution in [0.3, 0.4) is 0 Å². The van der Waals surface area contributed by atoms with Gasteiger partial charge in [0.25, 0.3) is 0 Å². The summed E-state index contributed by atoms with van der Waals surface area (Å²) in [4.78, 5) is 8.00. The van der Waals surface area contributed by atoms with E-state index >= 15 is 0 Å². The van der Waals surface area contributed by atoms with E-state index in [1.165, 1.54) is 16.9 Å². The zero-order valence-corrected chi connectivity index (χ0v) is 10.0. The molecule has 15 heavy (non-hydrogen) atoms. The van der Waals surface area contributed by atoms with E-state index in [0.717, 1.165) is 18.9 Å². The van der Waals surface area contributed by atoms with Gasteiger partial charge in [-0.25, -0.2) is 0 Å². The minimum atomic E-state index is 0.966. The Bertz CT molecular complexity index is 390. The first-order valence-electron chi connectivity index (χ1n) is 5.24. The Morgan fingerprint density at radius 3 is 3.00 bits per heavy atom. The lowest BCUT2D eigenvalue weighted by Crippen LogP contribution is -2.30. The van der Waals surface area contributed by atoms with E-state index in [1.807, 2.05) is 0 Å². The van der Waals surface area contributed by atoms with E-state index in [2.05, 4.69) is 47.5 Å². The second kappa shape index (κ2) is 4.62. The van der Waals surface area contributed by atoms with Crippen LogP contribution in [0, 0.1) is 6.92 Å². The van der Waals surface area contributed by atoms with Gasteiger partial charge in [0.15, 0.2) is 0 Å². The van der Waals surface area contributed by atoms with Gasteiger partial charge in [-0.05, 0) is 42.5 Å². The predicted molar refractivity (Wildman–Crippen MR) is 67.6 cm³/mol. The number of amidine groups is 1. The van der Waals surface area contributed by atoms with E-state index in [4.69, 9.17) is 0 Å². The monoisotopic (exact) mass is 220 g/mol. The van der Waals surface area contributed by atoms with Gasteiger partial charge in [-0.1, -0.05) is 0 Å². The van der Waals surface area contributed by atoms with Crippen LogP contribution in [0.2, 0.25) is 0 Å². The Labute approximate surface area is 95.0 Å². The third-order valence-corrected chi connectivity index (χ3v) is 3.48. The normalized spacial score (nSPS) is 17.2. The van der Waals surface area contributed by atoms with Crippen LogP contribution in [0.4, 0.5) is 0 Å². The van der Waals surface area contributed by atoms with Crippen molar-refractivity contribution in [3.05, 3.63) is 28.0 Å². The largest absolute Gasteiger partial charge is 0.360 e. The van der Waals surface area contributed by atoms with Crippen LogP contribution in [0.1, 0.15) is 16.9 Å². The molecule has 1 aliphatic heterocycles. The third-order valence-electron chi connectivity index (χ3n) is 2.46. The van der Waals surface area contributed by atoms with Crippen molar-refractivity contribution in [2.45, 2.75) is 13.3 Å². The Morgan fingerprint density at radius 2 is 2.33 bits per heavy atom. The standard InChI is InChI=1S/C12H16N2S/c1-10-8-11(15-9-10)4-5-12-13-6-3-7-14(12)2/h4-5,8-9H,3,6-7H2,1-2H3/b5-4+. The van der Waals surface area contributed by atoms with Crippen LogP contribution in [-0.2, 0) is 0 Å². The first-order valence-corrected chi connectivity index (χ1v) is 6.12. The van der Waals surface area contributed by atoms with Crippen LogP contribution in [0.5, 0.6) is 0 Å². The summed E-state index contributed by atoms with van der Waals surface area (Å²) in [5.41, 5.74) is 1.33. The Hall–Kier alpha value is -1.09. The first kappa shape index (κ1) is 10.4. The summed E-state index contributed by atoms with van der Waals surface area (Å²) in [6.45, 7) is 4.21. The number of thiophene rings is 1. The molecule has 0 radical (unpaired) electrons. The van der Waals surface area contributed by atoms with E-state index < -0.39 is 0 Å². The summed E-state index contributed by atoms with van der Waals surface area (Å²) in [5, 5.41) is 2.17. The highest BCUT2D eigenvalue weighted by molar-refractivity contribution is 7.11. The van der Waals surface area contributed by atoms with Gasteiger partial charge in [-0.2, -0.15) is 0 Å². The fourth-order valence-corrected chi connectivity index (χ4v) is 2.40. The summed E-state index contributed by atoms with van der Waals surface area (Å²) < 4.78 is 0. The molecular weight excluding hydrogens is 204 g/mol. The molecule has 0 N–H and O–H groups in total. The van der Waals surface area contributed by atoms with Crippen LogP contribution < -0.4 is 0 Å². The van der Waals surface area contributed by atoms with Crippen LogP contribution in [0.25, 0.3) is 6.08 Å². The number of hydrogen-bond donors (Lipinski definition) is 0. The number of aryl methyl sites for hydroxylation is 1. The first-order chi connectivity index (χ1) is 7.25. The van der Waals surface area contributed by atoms with Crippen LogP contribution in [-0.4, -0.2) is 30.9 Å². The average molecular weight is 220 g/mol. The molecule has 0 fully saturated rings. The molecule has 3 heteroatoms. The summed E-state index contributed by atoms with van der Waals surface area (Å²) >= 11 is 1.78. The van der Waals surface area contributed by atoms with Gasteiger partial charge in [0.05, 0.1) is 0 Å². The van der Waals surface area contributed by atoms with Crippen molar-refractivity contribution in [1.29, 1.82) is 0 Å². The van der Waals surface area contributed by atoms with Gasteiger partial charge in [0.2, 0.25) is 0 Å². The summed E-state index contributed by atoms with van der Waals surface area (Å²) in [7, 11) is 2.10. The fourth-order valence-electron chi connectivity index (χ4n) is 1.61. The highest BCUT2D eigenvalue weighted by Crippen LogP contribution is 2.15. The van der Waals surface area contributed by atoms with E-state index in [-0.39, 0.29) is 0 Å². The number of likely N-dealkylation sites (N-methyl/N-ethyl adjacent to an activating group) is 1. The summed E-state index contributed by atoms with van der Waals surface area (Å²) in [5.74, 6) is 1.10. The molecular formula is C12H16N2S. The SMILES string of the molecule is Cc1csc(/C=C/C2=NCCCN2C)c1. The molecule has 0 bridgehead atoms. The highest BCUT2D eigenvalue weighted by Gasteiger charge is 2.06. The smallest absolute Gasteiger partial charge is 0.123 e. The van der Waals surface area contributed by atoms with Gasteiger partial charge in [-0.15, -0.1) is 11.3 Å². The molecule has 2 nitrogen and oxygen atoms in total. The van der Waals surface area contributed by atoms with Crippen molar-refractivity contribution < 1.29 is 0 Å². The van der Waals surface area contributed by atoms with E-state index in [0.29, 0.717) is 0 Å². The lowest BCUT2D eigenvalue weighted by atomic mass is 10.3. The van der Waals surface area contributed by atoms with E-state index in [9.17, 15) is 0 Å². The minimum Gasteiger partial charge on any atom is -0.360 e. The molecule has 2 heterocycles. The minimum absolute atomic E-state index is 0.966. The van der Waals surface area contributed by atoms with Gasteiger partial charge < -0.3 is 4.90 Å². The molecule has 0 spiro atoms. The number of rotatable bonds is 2. The average Bonchev–Trinajstić information content (AvgIpc) is 2.63. The van der Waals surface area contributed by atoms with Crippen molar-refractivity contribution >= 4 is 23.2 Å². The molecule has 0 amide bonds. The lowest BCUT2D eigenvalue weighted by molar-refractivity contribution is 0.470. The van der Waals surface area contributed by atoms with E-state index in [1.54, 1.807) is 11.3 Å². The maximum Gasteiger partial charge on any atom is 0.123 e. The van der Waals surface area contributed by atoms with Crippen molar-refractivity contribution in [2.24, 2.45) is 4.99 Å². The molecule has 0 saturated heterocycles. The maximum atomic E-state index is 4.49. The van der Waals surface area contributed by atoms with Crippen LogP contribution in [0.15, 0.2) is 22.5 Å². The van der Waals surface area contributed by atoms with Crippen molar-refractivity contribution in [3.63, 3.8) is 0 Å². The van der Waals surface area contributed by atoms with Crippen molar-refractivity contribution in [3.8, 4) is 0 Å². The Balaban J connectivity index is 2.07. The number of aliphatic imine (C=N–C) groups is 1. The van der Waals surface area contributed by atoms with Gasteiger partial charge in [0.1, 0.15) is 5.84 Å². The molecule has 0 aromatic carbocycles. The zero-order valence-electron chi connectivity index (χ0n) is 9.23. The zero-order chi connectivity index (χ0) is 10.7. The van der Waals surface area contributed by atoms with Gasteiger partial charge >= 0.3 is 0 Å². The number of nitrogens with zero attached hydrogens (tertiary/aromatic N) is 2. The second-order valence-corrected chi connectivity index (χ2v) is 4.82. The molecule has 1 aromatic rings. The highest BCUT2D eigenvalue weighted by atomic mass is 32.1. The van der Waals surface area contributed by atoms with Gasteiger partial charge in [0, 0.05) is 25.0 Å². The lowest BCUT2D eigenvalue weighted by Gasteiger charge is -2.22. The van der Waals surface area contributed by atoms with Crippen molar-refractivity contribution in [2.75, 3.05) is 20.1 Å². The third kappa shape index (κ3) is 2.69. The van der Waals surface area contributed by atoms with Crippen molar-refractivity contribution in [1.82, 2.24) is 4.90 Å². The maximum absolute atomic E-state index is 4.49. The molecule has 0 unspecified atom stereocenters. The number of hydrogen-bond acceptors (Lipinski definition) is 3. The molecule has 0 saturated carbocycles. The Morgan fingerprint density at radius 1 is 1.47 bits per heavy atom. The quantitative estimate of drug-likeness (QED) is 0.748. The fraction of sp³-hybridized carbons (Fsp3) is 0.417. The molecule has 2 rings (SSSR count). The molecule has 0 atom stereocenters. The van der Waals surface area contributed by atoms with Gasteiger partial charge in [-0.3, -0.25) is 4.99 Å². The topological polar surface area (TPSA) is 15.6 Å². The molecule has 0 aliphatic carbocycles.